The summed E-state index contributed by atoms with van der Waals surface area (Å²) in [6, 6.07) is 5.53. The molecule has 0 saturated heterocycles. The van der Waals surface area contributed by atoms with E-state index in [9.17, 15) is 9.59 Å². The van der Waals surface area contributed by atoms with Gasteiger partial charge >= 0.3 is 0 Å². The number of thiazole rings is 1. The van der Waals surface area contributed by atoms with Crippen molar-refractivity contribution < 1.29 is 9.59 Å². The van der Waals surface area contributed by atoms with Crippen LogP contribution in [0.25, 0.3) is 0 Å². The molecular formula is C13H11BrN2O2S. The highest BCUT2D eigenvalue weighted by Crippen LogP contribution is 2.21. The van der Waals surface area contributed by atoms with Gasteiger partial charge in [0.2, 0.25) is 0 Å². The third-order valence-corrected chi connectivity index (χ3v) is 3.90. The van der Waals surface area contributed by atoms with Crippen LogP contribution in [0.4, 0.5) is 5.13 Å². The van der Waals surface area contributed by atoms with Crippen LogP contribution in [0.5, 0.6) is 0 Å². The van der Waals surface area contributed by atoms with E-state index < -0.39 is 0 Å². The number of ketones is 1. The Labute approximate surface area is 123 Å². The standard InChI is InChI=1S/C13H11BrN2O2S/c1-7-3-4-10(14)9(5-7)12(18)16-13-15-11(6-19-13)8(2)17/h3-6H,1-2H3,(H,15,16,18). The normalized spacial score (nSPS) is 10.3. The van der Waals surface area contributed by atoms with Crippen molar-refractivity contribution in [1.29, 1.82) is 0 Å². The van der Waals surface area contributed by atoms with Gasteiger partial charge in [-0.25, -0.2) is 4.98 Å². The Morgan fingerprint density at radius 3 is 2.74 bits per heavy atom. The van der Waals surface area contributed by atoms with Gasteiger partial charge in [-0.1, -0.05) is 11.6 Å². The zero-order valence-electron chi connectivity index (χ0n) is 10.4. The SMILES string of the molecule is CC(=O)c1csc(NC(=O)c2cc(C)ccc2Br)n1. The monoisotopic (exact) mass is 338 g/mol. The molecule has 1 heterocycles. The number of Topliss-reactive ketones (excluding diaryl/α,β-unsaturated/α-hetero) is 1. The summed E-state index contributed by atoms with van der Waals surface area (Å²) in [4.78, 5) is 27.3. The Balaban J connectivity index is 2.20. The number of aromatic nitrogens is 1. The molecule has 19 heavy (non-hydrogen) atoms. The molecule has 0 spiro atoms. The Morgan fingerprint density at radius 2 is 2.11 bits per heavy atom. The van der Waals surface area contributed by atoms with Crippen molar-refractivity contribution in [2.24, 2.45) is 0 Å². The molecule has 1 aromatic heterocycles. The van der Waals surface area contributed by atoms with E-state index >= 15 is 0 Å². The summed E-state index contributed by atoms with van der Waals surface area (Å²) in [6.45, 7) is 3.36. The van der Waals surface area contributed by atoms with E-state index in [4.69, 9.17) is 0 Å². The molecule has 6 heteroatoms. The van der Waals surface area contributed by atoms with E-state index in [1.54, 1.807) is 11.4 Å². The predicted octanol–water partition coefficient (Wildman–Crippen LogP) is 3.67. The fraction of sp³-hybridized carbons (Fsp3) is 0.154. The van der Waals surface area contributed by atoms with Gasteiger partial charge in [0, 0.05) is 16.8 Å². The van der Waals surface area contributed by atoms with Crippen molar-refractivity contribution in [3.8, 4) is 0 Å². The first kappa shape index (κ1) is 13.9. The molecule has 98 valence electrons. The number of benzene rings is 1. The maximum absolute atomic E-state index is 12.1. The topological polar surface area (TPSA) is 59.1 Å². The van der Waals surface area contributed by atoms with E-state index in [-0.39, 0.29) is 11.7 Å². The second-order valence-electron chi connectivity index (χ2n) is 4.03. The van der Waals surface area contributed by atoms with Crippen LogP contribution in [0, 0.1) is 6.92 Å². The molecule has 4 nitrogen and oxygen atoms in total. The van der Waals surface area contributed by atoms with Crippen molar-refractivity contribution in [3.63, 3.8) is 0 Å². The molecule has 0 bridgehead atoms. The van der Waals surface area contributed by atoms with Gasteiger partial charge in [0.25, 0.3) is 5.91 Å². The molecule has 0 aliphatic rings. The van der Waals surface area contributed by atoms with Gasteiger partial charge in [-0.15, -0.1) is 11.3 Å². The minimum atomic E-state index is -0.250. The quantitative estimate of drug-likeness (QED) is 0.868. The van der Waals surface area contributed by atoms with E-state index in [1.807, 2.05) is 19.1 Å². The number of carbonyl (C=O) groups excluding carboxylic acids is 2. The number of carbonyl (C=O) groups is 2. The molecule has 0 atom stereocenters. The van der Waals surface area contributed by atoms with Crippen molar-refractivity contribution in [1.82, 2.24) is 4.98 Å². The van der Waals surface area contributed by atoms with Gasteiger partial charge in [-0.2, -0.15) is 0 Å². The van der Waals surface area contributed by atoms with E-state index in [0.717, 1.165) is 10.0 Å². The fourth-order valence-electron chi connectivity index (χ4n) is 1.47. The molecule has 2 rings (SSSR count). The number of nitrogens with zero attached hydrogens (tertiary/aromatic N) is 1. The van der Waals surface area contributed by atoms with E-state index in [1.165, 1.54) is 18.3 Å². The van der Waals surface area contributed by atoms with Gasteiger partial charge in [-0.3, -0.25) is 14.9 Å². The lowest BCUT2D eigenvalue weighted by Crippen LogP contribution is -2.12. The first-order valence-electron chi connectivity index (χ1n) is 5.51. The molecule has 0 fully saturated rings. The summed E-state index contributed by atoms with van der Waals surface area (Å²) in [5.74, 6) is -0.367. The molecule has 1 aromatic carbocycles. The van der Waals surface area contributed by atoms with E-state index in [2.05, 4.69) is 26.2 Å². The lowest BCUT2D eigenvalue weighted by Gasteiger charge is -2.05. The second kappa shape index (κ2) is 5.63. The van der Waals surface area contributed by atoms with Crippen molar-refractivity contribution in [2.75, 3.05) is 5.32 Å². The third kappa shape index (κ3) is 3.27. The summed E-state index contributed by atoms with van der Waals surface area (Å²) in [5, 5.41) is 4.74. The number of rotatable bonds is 3. The number of halogens is 1. The van der Waals surface area contributed by atoms with Crippen LogP contribution >= 0.6 is 27.3 Å². The number of hydrogen-bond donors (Lipinski definition) is 1. The molecule has 1 amide bonds. The number of anilines is 1. The Morgan fingerprint density at radius 1 is 1.37 bits per heavy atom. The van der Waals surface area contributed by atoms with Crippen LogP contribution in [0.3, 0.4) is 0 Å². The predicted molar refractivity (Wildman–Crippen MR) is 79.0 cm³/mol. The molecule has 1 N–H and O–H groups in total. The van der Waals surface area contributed by atoms with Crippen LogP contribution < -0.4 is 5.32 Å². The fourth-order valence-corrected chi connectivity index (χ4v) is 2.64. The highest BCUT2D eigenvalue weighted by molar-refractivity contribution is 9.10. The first-order chi connectivity index (χ1) is 8.97. The van der Waals surface area contributed by atoms with Crippen molar-refractivity contribution >= 4 is 44.1 Å². The molecule has 0 unspecified atom stereocenters. The molecule has 2 aromatic rings. The van der Waals surface area contributed by atoms with Crippen LogP contribution in [-0.4, -0.2) is 16.7 Å². The third-order valence-electron chi connectivity index (χ3n) is 2.45. The van der Waals surface area contributed by atoms with Gasteiger partial charge in [-0.05, 0) is 35.0 Å². The number of amides is 1. The van der Waals surface area contributed by atoms with Crippen LogP contribution in [0.1, 0.15) is 33.3 Å². The minimum absolute atomic E-state index is 0.117. The lowest BCUT2D eigenvalue weighted by molar-refractivity contribution is 0.100. The van der Waals surface area contributed by atoms with Crippen LogP contribution in [0.2, 0.25) is 0 Å². The number of hydrogen-bond acceptors (Lipinski definition) is 4. The van der Waals surface area contributed by atoms with Crippen LogP contribution in [0.15, 0.2) is 28.1 Å². The summed E-state index contributed by atoms with van der Waals surface area (Å²) in [6.07, 6.45) is 0. The zero-order valence-corrected chi connectivity index (χ0v) is 12.8. The maximum Gasteiger partial charge on any atom is 0.258 e. The average molecular weight is 339 g/mol. The number of nitrogens with one attached hydrogen (secondary N) is 1. The summed E-state index contributed by atoms with van der Waals surface area (Å²) >= 11 is 4.57. The van der Waals surface area contributed by atoms with Crippen molar-refractivity contribution in [2.45, 2.75) is 13.8 Å². The zero-order chi connectivity index (χ0) is 14.0. The Hall–Kier alpha value is -1.53. The molecule has 0 saturated carbocycles. The van der Waals surface area contributed by atoms with Gasteiger partial charge in [0.1, 0.15) is 5.69 Å². The van der Waals surface area contributed by atoms with Gasteiger partial charge in [0.15, 0.2) is 10.9 Å². The summed E-state index contributed by atoms with van der Waals surface area (Å²) < 4.78 is 0.721. The Bertz CT molecular complexity index is 652. The molecule has 0 aliphatic heterocycles. The minimum Gasteiger partial charge on any atom is -0.298 e. The summed E-state index contributed by atoms with van der Waals surface area (Å²) in [5.41, 5.74) is 1.90. The molecular weight excluding hydrogens is 328 g/mol. The summed E-state index contributed by atoms with van der Waals surface area (Å²) in [7, 11) is 0. The first-order valence-corrected chi connectivity index (χ1v) is 7.18. The van der Waals surface area contributed by atoms with Gasteiger partial charge in [0.05, 0.1) is 5.56 Å². The largest absolute Gasteiger partial charge is 0.298 e. The maximum atomic E-state index is 12.1. The molecule has 0 radical (unpaired) electrons. The van der Waals surface area contributed by atoms with Crippen LogP contribution in [-0.2, 0) is 0 Å². The van der Waals surface area contributed by atoms with Crippen molar-refractivity contribution in [3.05, 3.63) is 44.9 Å². The Kier molecular flexibility index (Phi) is 4.11. The lowest BCUT2D eigenvalue weighted by atomic mass is 10.1. The average Bonchev–Trinajstić information content (AvgIpc) is 2.80. The second-order valence-corrected chi connectivity index (χ2v) is 5.74. The van der Waals surface area contributed by atoms with Gasteiger partial charge < -0.3 is 0 Å². The molecule has 0 aliphatic carbocycles. The number of aryl methyl sites for hydroxylation is 1. The van der Waals surface area contributed by atoms with E-state index in [0.29, 0.717) is 16.4 Å². The smallest absolute Gasteiger partial charge is 0.258 e. The highest BCUT2D eigenvalue weighted by Gasteiger charge is 2.13. The highest BCUT2D eigenvalue weighted by atomic mass is 79.9.